The third kappa shape index (κ3) is 2.29. The number of carbonyl (C=O) groups excluding carboxylic acids is 2. The van der Waals surface area contributed by atoms with Gasteiger partial charge in [0.25, 0.3) is 0 Å². The molecular formula is C20H30O4. The Morgan fingerprint density at radius 3 is 2.54 bits per heavy atom. The van der Waals surface area contributed by atoms with E-state index in [2.05, 4.69) is 13.8 Å². The third-order valence-corrected chi connectivity index (χ3v) is 7.94. The summed E-state index contributed by atoms with van der Waals surface area (Å²) in [4.78, 5) is 24.5. The number of Topliss-reactive ketones (excluding diaryl/α,β-unsaturated/α-hetero) is 2. The molecule has 0 spiro atoms. The number of aliphatic hydroxyl groups excluding tert-OH is 2. The van der Waals surface area contributed by atoms with Crippen molar-refractivity contribution in [3.63, 3.8) is 0 Å². The van der Waals surface area contributed by atoms with Crippen LogP contribution in [0.3, 0.4) is 0 Å². The van der Waals surface area contributed by atoms with E-state index in [0.717, 1.165) is 44.8 Å². The smallest absolute Gasteiger partial charge is 0.164 e. The molecule has 0 aromatic rings. The molecule has 4 heteroatoms. The summed E-state index contributed by atoms with van der Waals surface area (Å²) in [5.74, 6) is 0.869. The maximum Gasteiger partial charge on any atom is 0.164 e. The van der Waals surface area contributed by atoms with Gasteiger partial charge in [0.15, 0.2) is 11.6 Å². The van der Waals surface area contributed by atoms with Gasteiger partial charge in [-0.25, -0.2) is 0 Å². The van der Waals surface area contributed by atoms with E-state index in [9.17, 15) is 19.8 Å². The Kier molecular flexibility index (Phi) is 4.18. The van der Waals surface area contributed by atoms with E-state index in [0.29, 0.717) is 23.8 Å². The van der Waals surface area contributed by atoms with Crippen LogP contribution in [-0.4, -0.2) is 28.4 Å². The summed E-state index contributed by atoms with van der Waals surface area (Å²) in [5, 5.41) is 19.0. The maximum atomic E-state index is 12.3. The van der Waals surface area contributed by atoms with Gasteiger partial charge in [-0.1, -0.05) is 20.8 Å². The van der Waals surface area contributed by atoms with Gasteiger partial charge >= 0.3 is 0 Å². The second-order valence-electron chi connectivity index (χ2n) is 9.06. The molecule has 5 atom stereocenters. The zero-order valence-corrected chi connectivity index (χ0v) is 15.1. The Hall–Kier alpha value is -1.16. The summed E-state index contributed by atoms with van der Waals surface area (Å²) < 4.78 is 0. The molecule has 0 aromatic carbocycles. The molecule has 24 heavy (non-hydrogen) atoms. The van der Waals surface area contributed by atoms with Crippen LogP contribution in [0.15, 0.2) is 11.8 Å². The molecule has 0 aromatic heterocycles. The number of ketones is 2. The van der Waals surface area contributed by atoms with Gasteiger partial charge < -0.3 is 10.2 Å². The number of rotatable bonds is 2. The zero-order valence-electron chi connectivity index (χ0n) is 15.1. The lowest BCUT2D eigenvalue weighted by atomic mass is 9.42. The van der Waals surface area contributed by atoms with Crippen molar-refractivity contribution in [2.45, 2.75) is 65.7 Å². The van der Waals surface area contributed by atoms with Gasteiger partial charge in [0.05, 0.1) is 6.26 Å². The Labute approximate surface area is 144 Å². The highest BCUT2D eigenvalue weighted by Crippen LogP contribution is 2.66. The van der Waals surface area contributed by atoms with Gasteiger partial charge in [-0.15, -0.1) is 0 Å². The van der Waals surface area contributed by atoms with Crippen LogP contribution in [0.1, 0.15) is 65.7 Å². The van der Waals surface area contributed by atoms with Crippen molar-refractivity contribution >= 4 is 11.6 Å². The predicted octanol–water partition coefficient (Wildman–Crippen LogP) is 3.58. The van der Waals surface area contributed by atoms with E-state index in [1.165, 1.54) is 0 Å². The molecule has 0 bridgehead atoms. The van der Waals surface area contributed by atoms with Crippen molar-refractivity contribution in [2.24, 2.45) is 28.1 Å². The van der Waals surface area contributed by atoms with Crippen molar-refractivity contribution in [3.05, 3.63) is 11.8 Å². The normalized spacial score (nSPS) is 47.2. The quantitative estimate of drug-likeness (QED) is 0.598. The summed E-state index contributed by atoms with van der Waals surface area (Å²) in [6, 6.07) is 0. The molecule has 0 aliphatic heterocycles. The Balaban J connectivity index is 1.93. The number of hydrogen-bond acceptors (Lipinski definition) is 4. The highest BCUT2D eigenvalue weighted by Gasteiger charge is 2.60. The lowest BCUT2D eigenvalue weighted by Gasteiger charge is -2.62. The topological polar surface area (TPSA) is 74.6 Å². The van der Waals surface area contributed by atoms with E-state index in [1.54, 1.807) is 0 Å². The first-order chi connectivity index (χ1) is 11.2. The fourth-order valence-electron chi connectivity index (χ4n) is 6.26. The standard InChI is InChI=1S/C20H30O4/c1-18(17(24)12-22)8-9-19(2)13(10-18)6-7-20(3)14(11-21)15(23)4-5-16(19)20/h11,13,16,21-22H,4-10,12H2,1-3H3/b14-11+/t13-,16+,18-,19-,20+/m1/s1. The van der Waals surface area contributed by atoms with Gasteiger partial charge in [-0.05, 0) is 55.8 Å². The average Bonchev–Trinajstić information content (AvgIpc) is 2.55. The highest BCUT2D eigenvalue weighted by molar-refractivity contribution is 5.97. The fraction of sp³-hybridized carbons (Fsp3) is 0.800. The number of fused-ring (bicyclic) bond motifs is 3. The second-order valence-corrected chi connectivity index (χ2v) is 9.06. The Morgan fingerprint density at radius 2 is 1.92 bits per heavy atom. The number of hydrogen-bond donors (Lipinski definition) is 2. The summed E-state index contributed by atoms with van der Waals surface area (Å²) in [6.45, 7) is 6.10. The Morgan fingerprint density at radius 1 is 1.21 bits per heavy atom. The van der Waals surface area contributed by atoms with E-state index >= 15 is 0 Å². The average molecular weight is 334 g/mol. The van der Waals surface area contributed by atoms with Gasteiger partial charge in [-0.3, -0.25) is 9.59 Å². The van der Waals surface area contributed by atoms with Crippen LogP contribution < -0.4 is 0 Å². The van der Waals surface area contributed by atoms with E-state index < -0.39 is 5.41 Å². The number of aliphatic hydroxyl groups is 2. The predicted molar refractivity (Wildman–Crippen MR) is 91.4 cm³/mol. The van der Waals surface area contributed by atoms with Crippen molar-refractivity contribution in [3.8, 4) is 0 Å². The summed E-state index contributed by atoms with van der Waals surface area (Å²) >= 11 is 0. The van der Waals surface area contributed by atoms with Gasteiger partial charge in [0.1, 0.15) is 6.61 Å². The van der Waals surface area contributed by atoms with Crippen molar-refractivity contribution in [1.29, 1.82) is 0 Å². The van der Waals surface area contributed by atoms with Gasteiger partial charge in [0, 0.05) is 22.8 Å². The molecule has 0 unspecified atom stereocenters. The minimum atomic E-state index is -0.410. The first kappa shape index (κ1) is 17.7. The molecule has 0 amide bonds. The molecular weight excluding hydrogens is 304 g/mol. The van der Waals surface area contributed by atoms with Crippen LogP contribution in [0.2, 0.25) is 0 Å². The molecule has 3 aliphatic rings. The monoisotopic (exact) mass is 334 g/mol. The second kappa shape index (κ2) is 5.69. The van der Waals surface area contributed by atoms with Crippen LogP contribution in [0.4, 0.5) is 0 Å². The molecule has 0 radical (unpaired) electrons. The minimum absolute atomic E-state index is 0.0346. The first-order valence-electron chi connectivity index (χ1n) is 9.23. The van der Waals surface area contributed by atoms with Crippen LogP contribution in [-0.2, 0) is 9.59 Å². The lowest BCUT2D eigenvalue weighted by molar-refractivity contribution is -0.147. The Bertz CT molecular complexity index is 594. The molecule has 0 saturated heterocycles. The highest BCUT2D eigenvalue weighted by atomic mass is 16.3. The van der Waals surface area contributed by atoms with E-state index in [-0.39, 0.29) is 29.0 Å². The van der Waals surface area contributed by atoms with Crippen LogP contribution in [0, 0.1) is 28.1 Å². The molecule has 4 nitrogen and oxygen atoms in total. The van der Waals surface area contributed by atoms with Crippen molar-refractivity contribution in [2.75, 3.05) is 6.61 Å². The summed E-state index contributed by atoms with van der Waals surface area (Å²) in [7, 11) is 0. The minimum Gasteiger partial charge on any atom is -0.515 e. The molecule has 3 fully saturated rings. The molecule has 2 N–H and O–H groups in total. The lowest BCUT2D eigenvalue weighted by Crippen LogP contribution is -2.56. The molecule has 3 rings (SSSR count). The third-order valence-electron chi connectivity index (χ3n) is 7.94. The number of allylic oxidation sites excluding steroid dienone is 1. The fourth-order valence-corrected chi connectivity index (χ4v) is 6.26. The molecule has 0 heterocycles. The molecule has 3 saturated carbocycles. The molecule has 3 aliphatic carbocycles. The first-order valence-corrected chi connectivity index (χ1v) is 9.23. The van der Waals surface area contributed by atoms with Crippen LogP contribution in [0.5, 0.6) is 0 Å². The largest absolute Gasteiger partial charge is 0.515 e. The number of carbonyl (C=O) groups is 2. The summed E-state index contributed by atoms with van der Waals surface area (Å²) in [5.41, 5.74) is 0.0480. The summed E-state index contributed by atoms with van der Waals surface area (Å²) in [6.07, 6.45) is 6.90. The van der Waals surface area contributed by atoms with Crippen molar-refractivity contribution in [1.82, 2.24) is 0 Å². The van der Waals surface area contributed by atoms with Crippen molar-refractivity contribution < 1.29 is 19.8 Å². The van der Waals surface area contributed by atoms with Gasteiger partial charge in [-0.2, -0.15) is 0 Å². The van der Waals surface area contributed by atoms with Gasteiger partial charge in [0.2, 0.25) is 0 Å². The maximum absolute atomic E-state index is 12.3. The SMILES string of the molecule is C[C@@]1(C(=O)CO)CC[C@]2(C)[C@H](CC[C@@]3(C)/C(=C/O)C(=O)CC[C@@H]23)C1. The van der Waals surface area contributed by atoms with Crippen LogP contribution >= 0.6 is 0 Å². The zero-order chi connectivity index (χ0) is 17.8. The van der Waals surface area contributed by atoms with Crippen LogP contribution in [0.25, 0.3) is 0 Å². The van der Waals surface area contributed by atoms with E-state index in [4.69, 9.17) is 0 Å². The van der Waals surface area contributed by atoms with E-state index in [1.807, 2.05) is 6.92 Å². The molecule has 134 valence electrons.